The third kappa shape index (κ3) is 2.61. The van der Waals surface area contributed by atoms with E-state index < -0.39 is 23.8 Å². The van der Waals surface area contributed by atoms with Gasteiger partial charge >= 0.3 is 6.03 Å². The fraction of sp³-hybridized carbons (Fsp3) is 0.267. The topological polar surface area (TPSA) is 66.5 Å². The van der Waals surface area contributed by atoms with Crippen LogP contribution >= 0.6 is 0 Å². The number of aryl methyl sites for hydroxylation is 1. The lowest BCUT2D eigenvalue weighted by Gasteiger charge is -2.30. The zero-order valence-electron chi connectivity index (χ0n) is 11.5. The van der Waals surface area contributed by atoms with Gasteiger partial charge in [-0.15, -0.1) is 0 Å². The van der Waals surface area contributed by atoms with E-state index in [1.54, 1.807) is 25.1 Å². The van der Waals surface area contributed by atoms with Crippen molar-refractivity contribution in [1.82, 2.24) is 10.2 Å². The minimum Gasteiger partial charge on any atom is -0.277 e. The van der Waals surface area contributed by atoms with Crippen LogP contribution in [-0.2, 0) is 9.59 Å². The second kappa shape index (κ2) is 5.28. The van der Waals surface area contributed by atoms with Gasteiger partial charge in [-0.05, 0) is 19.4 Å². The quantitative estimate of drug-likeness (QED) is 0.673. The predicted octanol–water partition coefficient (Wildman–Crippen LogP) is 1.73. The van der Waals surface area contributed by atoms with Crippen LogP contribution in [0.15, 0.2) is 36.4 Å². The average Bonchev–Trinajstić information content (AvgIpc) is 2.34. The van der Waals surface area contributed by atoms with E-state index in [2.05, 4.69) is 11.9 Å². The predicted molar refractivity (Wildman–Crippen MR) is 74.0 cm³/mol. The Kier molecular flexibility index (Phi) is 3.70. The molecule has 1 aromatic carbocycles. The summed E-state index contributed by atoms with van der Waals surface area (Å²) < 4.78 is 0. The maximum absolute atomic E-state index is 12.4. The number of amides is 4. The molecule has 104 valence electrons. The molecule has 1 atom stereocenters. The zero-order chi connectivity index (χ0) is 14.9. The van der Waals surface area contributed by atoms with Crippen LogP contribution in [0.1, 0.15) is 24.0 Å². The van der Waals surface area contributed by atoms with Gasteiger partial charge in [-0.2, -0.15) is 0 Å². The van der Waals surface area contributed by atoms with Gasteiger partial charge in [0.1, 0.15) is 5.92 Å². The first-order valence-electron chi connectivity index (χ1n) is 6.27. The number of nitrogens with one attached hydrogen (secondary N) is 1. The number of hydrogen-bond acceptors (Lipinski definition) is 3. The van der Waals surface area contributed by atoms with Crippen LogP contribution in [0.4, 0.5) is 4.79 Å². The van der Waals surface area contributed by atoms with Gasteiger partial charge in [-0.1, -0.05) is 42.0 Å². The summed E-state index contributed by atoms with van der Waals surface area (Å²) >= 11 is 0. The lowest BCUT2D eigenvalue weighted by Crippen LogP contribution is -2.57. The normalized spacial score (nSPS) is 19.0. The molecule has 0 bridgehead atoms. The Hall–Kier alpha value is -2.43. The summed E-state index contributed by atoms with van der Waals surface area (Å²) in [6, 6.07) is 6.46. The Morgan fingerprint density at radius 1 is 1.35 bits per heavy atom. The first-order valence-corrected chi connectivity index (χ1v) is 6.27. The van der Waals surface area contributed by atoms with Crippen molar-refractivity contribution in [3.05, 3.63) is 47.5 Å². The third-order valence-corrected chi connectivity index (χ3v) is 3.05. The molecular formula is C15H16N2O3. The number of carbonyl (C=O) groups excluding carboxylic acids is 3. The number of urea groups is 1. The van der Waals surface area contributed by atoms with Gasteiger partial charge in [0.25, 0.3) is 0 Å². The molecule has 0 radical (unpaired) electrons. The summed E-state index contributed by atoms with van der Waals surface area (Å²) in [5.74, 6) is -2.07. The van der Waals surface area contributed by atoms with Crippen LogP contribution in [0.2, 0.25) is 0 Å². The van der Waals surface area contributed by atoms with E-state index >= 15 is 0 Å². The lowest BCUT2D eigenvalue weighted by molar-refractivity contribution is -0.138. The molecular weight excluding hydrogens is 256 g/mol. The molecule has 1 saturated heterocycles. The standard InChI is InChI=1S/C15H16N2O3/c1-9(2)8-17-14(19)12(13(18)16-15(17)20)11-6-4-5-10(3)7-11/h4-7,12H,1,8H2,2-3H3,(H,16,18,20). The van der Waals surface area contributed by atoms with Crippen molar-refractivity contribution in [3.63, 3.8) is 0 Å². The molecule has 0 aromatic heterocycles. The Morgan fingerprint density at radius 3 is 2.65 bits per heavy atom. The number of imide groups is 2. The van der Waals surface area contributed by atoms with Crippen LogP contribution in [0.5, 0.6) is 0 Å². The van der Waals surface area contributed by atoms with Crippen LogP contribution in [0.3, 0.4) is 0 Å². The van der Waals surface area contributed by atoms with Crippen molar-refractivity contribution in [1.29, 1.82) is 0 Å². The summed E-state index contributed by atoms with van der Waals surface area (Å²) in [7, 11) is 0. The van der Waals surface area contributed by atoms with Gasteiger partial charge in [-0.3, -0.25) is 19.8 Å². The van der Waals surface area contributed by atoms with E-state index in [-0.39, 0.29) is 6.54 Å². The fourth-order valence-electron chi connectivity index (χ4n) is 2.18. The van der Waals surface area contributed by atoms with Gasteiger partial charge in [0.15, 0.2) is 0 Å². The van der Waals surface area contributed by atoms with Gasteiger partial charge in [0, 0.05) is 0 Å². The van der Waals surface area contributed by atoms with Crippen molar-refractivity contribution in [2.45, 2.75) is 19.8 Å². The van der Waals surface area contributed by atoms with Crippen LogP contribution in [0.25, 0.3) is 0 Å². The zero-order valence-corrected chi connectivity index (χ0v) is 11.5. The third-order valence-electron chi connectivity index (χ3n) is 3.05. The van der Waals surface area contributed by atoms with E-state index in [4.69, 9.17) is 0 Å². The molecule has 5 heteroatoms. The smallest absolute Gasteiger partial charge is 0.277 e. The van der Waals surface area contributed by atoms with Gasteiger partial charge in [0.05, 0.1) is 6.54 Å². The highest BCUT2D eigenvalue weighted by molar-refractivity contribution is 6.19. The van der Waals surface area contributed by atoms with Gasteiger partial charge in [0.2, 0.25) is 11.8 Å². The molecule has 1 N–H and O–H groups in total. The SMILES string of the molecule is C=C(C)CN1C(=O)NC(=O)C(c2cccc(C)c2)C1=O. The molecule has 0 saturated carbocycles. The Bertz CT molecular complexity index is 607. The number of rotatable bonds is 3. The molecule has 1 aliphatic heterocycles. The van der Waals surface area contributed by atoms with Crippen molar-refractivity contribution in [2.24, 2.45) is 0 Å². The second-order valence-electron chi connectivity index (χ2n) is 5.02. The monoisotopic (exact) mass is 272 g/mol. The van der Waals surface area contributed by atoms with Crippen molar-refractivity contribution in [2.75, 3.05) is 6.54 Å². The van der Waals surface area contributed by atoms with Gasteiger partial charge in [-0.25, -0.2) is 4.79 Å². The lowest BCUT2D eigenvalue weighted by atomic mass is 9.94. The molecule has 0 aliphatic carbocycles. The van der Waals surface area contributed by atoms with Crippen LogP contribution in [-0.4, -0.2) is 29.3 Å². The molecule has 1 aliphatic rings. The average molecular weight is 272 g/mol. The molecule has 1 heterocycles. The second-order valence-corrected chi connectivity index (χ2v) is 5.02. The van der Waals surface area contributed by atoms with E-state index in [9.17, 15) is 14.4 Å². The molecule has 4 amide bonds. The molecule has 1 fully saturated rings. The fourth-order valence-corrected chi connectivity index (χ4v) is 2.18. The molecule has 5 nitrogen and oxygen atoms in total. The summed E-state index contributed by atoms with van der Waals surface area (Å²) in [6.45, 7) is 7.40. The summed E-state index contributed by atoms with van der Waals surface area (Å²) in [5.41, 5.74) is 2.21. The maximum atomic E-state index is 12.4. The Morgan fingerprint density at radius 2 is 2.05 bits per heavy atom. The highest BCUT2D eigenvalue weighted by atomic mass is 16.2. The summed E-state index contributed by atoms with van der Waals surface area (Å²) in [4.78, 5) is 37.1. The van der Waals surface area contributed by atoms with Crippen LogP contribution < -0.4 is 5.32 Å². The molecule has 1 unspecified atom stereocenters. The van der Waals surface area contributed by atoms with Crippen molar-refractivity contribution < 1.29 is 14.4 Å². The molecule has 0 spiro atoms. The minimum absolute atomic E-state index is 0.111. The molecule has 20 heavy (non-hydrogen) atoms. The molecule has 1 aromatic rings. The largest absolute Gasteiger partial charge is 0.331 e. The van der Waals surface area contributed by atoms with Crippen molar-refractivity contribution >= 4 is 17.8 Å². The Balaban J connectivity index is 2.37. The molecule has 2 rings (SSSR count). The summed E-state index contributed by atoms with van der Waals surface area (Å²) in [5, 5.41) is 2.22. The minimum atomic E-state index is -0.980. The number of benzene rings is 1. The highest BCUT2D eigenvalue weighted by Crippen LogP contribution is 2.23. The number of carbonyl (C=O) groups is 3. The van der Waals surface area contributed by atoms with Gasteiger partial charge < -0.3 is 0 Å². The van der Waals surface area contributed by atoms with E-state index in [0.717, 1.165) is 10.5 Å². The Labute approximate surface area is 117 Å². The van der Waals surface area contributed by atoms with E-state index in [0.29, 0.717) is 11.1 Å². The first kappa shape index (κ1) is 14.0. The number of hydrogen-bond donors (Lipinski definition) is 1. The van der Waals surface area contributed by atoms with E-state index in [1.165, 1.54) is 0 Å². The van der Waals surface area contributed by atoms with Crippen molar-refractivity contribution in [3.8, 4) is 0 Å². The maximum Gasteiger partial charge on any atom is 0.331 e. The first-order chi connectivity index (χ1) is 9.40. The number of nitrogens with zero attached hydrogens (tertiary/aromatic N) is 1. The highest BCUT2D eigenvalue weighted by Gasteiger charge is 2.41. The van der Waals surface area contributed by atoms with Crippen LogP contribution in [0, 0.1) is 6.92 Å². The number of barbiturate groups is 1. The summed E-state index contributed by atoms with van der Waals surface area (Å²) in [6.07, 6.45) is 0. The van der Waals surface area contributed by atoms with E-state index in [1.807, 2.05) is 13.0 Å².